The SMILES string of the molecule is CC(=O)CCc1nc(-c2ccc(F)c3ccccc23)no1. The minimum Gasteiger partial charge on any atom is -0.339 e. The highest BCUT2D eigenvalue weighted by Crippen LogP contribution is 2.28. The molecule has 3 rings (SSSR count). The van der Waals surface area contributed by atoms with Gasteiger partial charge in [-0.05, 0) is 24.4 Å². The van der Waals surface area contributed by atoms with Crippen LogP contribution >= 0.6 is 0 Å². The summed E-state index contributed by atoms with van der Waals surface area (Å²) >= 11 is 0. The number of rotatable bonds is 4. The van der Waals surface area contributed by atoms with Gasteiger partial charge < -0.3 is 9.32 Å². The molecule has 4 nitrogen and oxygen atoms in total. The van der Waals surface area contributed by atoms with E-state index in [9.17, 15) is 9.18 Å². The molecule has 0 fully saturated rings. The normalized spacial score (nSPS) is 11.0. The van der Waals surface area contributed by atoms with Crippen molar-refractivity contribution in [1.82, 2.24) is 10.1 Å². The van der Waals surface area contributed by atoms with Gasteiger partial charge in [-0.1, -0.05) is 29.4 Å². The van der Waals surface area contributed by atoms with Crippen molar-refractivity contribution >= 4 is 16.6 Å². The number of benzene rings is 2. The molecule has 0 unspecified atom stereocenters. The Balaban J connectivity index is 2.01. The van der Waals surface area contributed by atoms with Crippen LogP contribution in [0.25, 0.3) is 22.2 Å². The summed E-state index contributed by atoms with van der Waals surface area (Å²) in [5.41, 5.74) is 0.713. The molecule has 0 amide bonds. The number of halogens is 1. The third-order valence-corrected chi connectivity index (χ3v) is 3.27. The van der Waals surface area contributed by atoms with E-state index in [0.717, 1.165) is 5.39 Å². The van der Waals surface area contributed by atoms with E-state index >= 15 is 0 Å². The van der Waals surface area contributed by atoms with Crippen molar-refractivity contribution in [1.29, 1.82) is 0 Å². The fourth-order valence-corrected chi connectivity index (χ4v) is 2.21. The first-order valence-corrected chi connectivity index (χ1v) is 6.65. The Morgan fingerprint density at radius 2 is 1.95 bits per heavy atom. The van der Waals surface area contributed by atoms with E-state index in [1.807, 2.05) is 12.1 Å². The molecule has 0 aliphatic heterocycles. The molecule has 0 saturated heterocycles. The Hall–Kier alpha value is -2.56. The van der Waals surface area contributed by atoms with Crippen LogP contribution in [-0.4, -0.2) is 15.9 Å². The van der Waals surface area contributed by atoms with Crippen molar-refractivity contribution in [3.05, 3.63) is 48.1 Å². The molecule has 1 heterocycles. The number of hydrogen-bond donors (Lipinski definition) is 0. The molecular weight excluding hydrogens is 271 g/mol. The van der Waals surface area contributed by atoms with Crippen LogP contribution in [0.5, 0.6) is 0 Å². The molecule has 0 radical (unpaired) electrons. The number of carbonyl (C=O) groups is 1. The summed E-state index contributed by atoms with van der Waals surface area (Å²) in [5.74, 6) is 0.606. The van der Waals surface area contributed by atoms with Crippen LogP contribution in [0.4, 0.5) is 4.39 Å². The lowest BCUT2D eigenvalue weighted by atomic mass is 10.0. The van der Waals surface area contributed by atoms with E-state index in [2.05, 4.69) is 10.1 Å². The van der Waals surface area contributed by atoms with E-state index in [1.54, 1.807) is 18.2 Å². The van der Waals surface area contributed by atoms with Crippen LogP contribution in [0.15, 0.2) is 40.9 Å². The lowest BCUT2D eigenvalue weighted by Gasteiger charge is -2.03. The monoisotopic (exact) mass is 284 g/mol. The second kappa shape index (κ2) is 5.44. The molecule has 0 aliphatic carbocycles. The molecule has 0 atom stereocenters. The smallest absolute Gasteiger partial charge is 0.227 e. The van der Waals surface area contributed by atoms with E-state index in [4.69, 9.17) is 4.52 Å². The number of hydrogen-bond acceptors (Lipinski definition) is 4. The molecule has 0 N–H and O–H groups in total. The van der Waals surface area contributed by atoms with Gasteiger partial charge in [0.05, 0.1) is 0 Å². The zero-order valence-corrected chi connectivity index (χ0v) is 11.5. The zero-order valence-electron chi connectivity index (χ0n) is 11.5. The van der Waals surface area contributed by atoms with Crippen LogP contribution < -0.4 is 0 Å². The van der Waals surface area contributed by atoms with Gasteiger partial charge in [-0.3, -0.25) is 0 Å². The Bertz CT molecular complexity index is 811. The Morgan fingerprint density at radius 1 is 1.19 bits per heavy atom. The summed E-state index contributed by atoms with van der Waals surface area (Å²) in [6.45, 7) is 1.52. The lowest BCUT2D eigenvalue weighted by Crippen LogP contribution is -1.94. The average Bonchev–Trinajstić information content (AvgIpc) is 2.94. The molecule has 0 saturated carbocycles. The largest absolute Gasteiger partial charge is 0.339 e. The highest BCUT2D eigenvalue weighted by atomic mass is 19.1. The van der Waals surface area contributed by atoms with E-state index in [0.29, 0.717) is 35.5 Å². The topological polar surface area (TPSA) is 56.0 Å². The first kappa shape index (κ1) is 13.4. The van der Waals surface area contributed by atoms with Crippen molar-refractivity contribution in [2.24, 2.45) is 0 Å². The minimum absolute atomic E-state index is 0.0713. The Kier molecular flexibility index (Phi) is 3.48. The average molecular weight is 284 g/mol. The maximum atomic E-state index is 13.8. The fraction of sp³-hybridized carbons (Fsp3) is 0.188. The molecular formula is C16H13FN2O2. The van der Waals surface area contributed by atoms with Gasteiger partial charge in [0, 0.05) is 23.8 Å². The number of ketones is 1. The summed E-state index contributed by atoms with van der Waals surface area (Å²) in [7, 11) is 0. The van der Waals surface area contributed by atoms with Crippen LogP contribution in [0.3, 0.4) is 0 Å². The van der Waals surface area contributed by atoms with Crippen LogP contribution in [-0.2, 0) is 11.2 Å². The summed E-state index contributed by atoms with van der Waals surface area (Å²) in [6.07, 6.45) is 0.785. The van der Waals surface area contributed by atoms with Gasteiger partial charge >= 0.3 is 0 Å². The number of nitrogens with zero attached hydrogens (tertiary/aromatic N) is 2. The van der Waals surface area contributed by atoms with Gasteiger partial charge in [0.2, 0.25) is 11.7 Å². The lowest BCUT2D eigenvalue weighted by molar-refractivity contribution is -0.117. The molecule has 0 spiro atoms. The number of Topliss-reactive ketones (excluding diaryl/α,β-unsaturated/α-hetero) is 1. The molecule has 21 heavy (non-hydrogen) atoms. The number of fused-ring (bicyclic) bond motifs is 1. The fourth-order valence-electron chi connectivity index (χ4n) is 2.21. The van der Waals surface area contributed by atoms with Gasteiger partial charge in [-0.2, -0.15) is 4.98 Å². The third-order valence-electron chi connectivity index (χ3n) is 3.27. The van der Waals surface area contributed by atoms with E-state index < -0.39 is 0 Å². The third kappa shape index (κ3) is 2.67. The molecule has 106 valence electrons. The maximum absolute atomic E-state index is 13.8. The molecule has 0 bridgehead atoms. The molecule has 0 aliphatic rings. The minimum atomic E-state index is -0.283. The van der Waals surface area contributed by atoms with Gasteiger partial charge in [-0.25, -0.2) is 4.39 Å². The van der Waals surface area contributed by atoms with Crippen molar-refractivity contribution < 1.29 is 13.7 Å². The summed E-state index contributed by atoms with van der Waals surface area (Å²) < 4.78 is 18.9. The Morgan fingerprint density at radius 3 is 2.71 bits per heavy atom. The van der Waals surface area contributed by atoms with Crippen LogP contribution in [0.2, 0.25) is 0 Å². The summed E-state index contributed by atoms with van der Waals surface area (Å²) in [6, 6.07) is 10.2. The predicted octanol–water partition coefficient (Wildman–Crippen LogP) is 3.55. The Labute approximate surface area is 120 Å². The van der Waals surface area contributed by atoms with Crippen LogP contribution in [0.1, 0.15) is 19.2 Å². The molecule has 5 heteroatoms. The van der Waals surface area contributed by atoms with Crippen molar-refractivity contribution in [3.8, 4) is 11.4 Å². The zero-order chi connectivity index (χ0) is 14.8. The second-order valence-corrected chi connectivity index (χ2v) is 4.85. The summed E-state index contributed by atoms with van der Waals surface area (Å²) in [5, 5.41) is 5.18. The number of aromatic nitrogens is 2. The number of carbonyl (C=O) groups excluding carboxylic acids is 1. The molecule has 3 aromatic rings. The van der Waals surface area contributed by atoms with Crippen molar-refractivity contribution in [2.45, 2.75) is 19.8 Å². The quantitative estimate of drug-likeness (QED) is 0.735. The van der Waals surface area contributed by atoms with Gasteiger partial charge in [-0.15, -0.1) is 0 Å². The summed E-state index contributed by atoms with van der Waals surface area (Å²) in [4.78, 5) is 15.3. The second-order valence-electron chi connectivity index (χ2n) is 4.85. The van der Waals surface area contributed by atoms with Crippen molar-refractivity contribution in [2.75, 3.05) is 0 Å². The van der Waals surface area contributed by atoms with Gasteiger partial charge in [0.15, 0.2) is 0 Å². The van der Waals surface area contributed by atoms with E-state index in [-0.39, 0.29) is 11.6 Å². The first-order chi connectivity index (χ1) is 10.1. The van der Waals surface area contributed by atoms with Gasteiger partial charge in [0.25, 0.3) is 0 Å². The highest BCUT2D eigenvalue weighted by Gasteiger charge is 2.13. The van der Waals surface area contributed by atoms with Gasteiger partial charge in [0.1, 0.15) is 11.6 Å². The van der Waals surface area contributed by atoms with E-state index in [1.165, 1.54) is 13.0 Å². The predicted molar refractivity (Wildman–Crippen MR) is 76.2 cm³/mol. The number of aryl methyl sites for hydroxylation is 1. The standard InChI is InChI=1S/C16H13FN2O2/c1-10(20)6-9-15-18-16(19-21-15)13-7-8-14(17)12-5-3-2-4-11(12)13/h2-5,7-8H,6,9H2,1H3. The molecule has 2 aromatic carbocycles. The maximum Gasteiger partial charge on any atom is 0.227 e. The molecule has 1 aromatic heterocycles. The highest BCUT2D eigenvalue weighted by molar-refractivity contribution is 5.95. The van der Waals surface area contributed by atoms with Crippen molar-refractivity contribution in [3.63, 3.8) is 0 Å². The van der Waals surface area contributed by atoms with Crippen LogP contribution in [0, 0.1) is 5.82 Å². The first-order valence-electron chi connectivity index (χ1n) is 6.65.